The molecule has 0 saturated carbocycles. The molecule has 11 heteroatoms. The lowest BCUT2D eigenvalue weighted by Crippen LogP contribution is -2.55. The summed E-state index contributed by atoms with van der Waals surface area (Å²) in [7, 11) is 0. The molecule has 2 N–H and O–H groups in total. The summed E-state index contributed by atoms with van der Waals surface area (Å²) >= 11 is 0. The van der Waals surface area contributed by atoms with Crippen molar-refractivity contribution in [2.45, 2.75) is 39.0 Å². The highest BCUT2D eigenvalue weighted by Gasteiger charge is 2.54. The molecule has 1 amide bonds. The van der Waals surface area contributed by atoms with Crippen LogP contribution in [0.1, 0.15) is 34.1 Å². The maximum atomic E-state index is 13.2. The molecular formula is C16H16F4N4O3. The third kappa shape index (κ3) is 3.42. The topological polar surface area (TPSA) is 83.5 Å². The van der Waals surface area contributed by atoms with Gasteiger partial charge < -0.3 is 9.52 Å². The van der Waals surface area contributed by atoms with Crippen LogP contribution in [0, 0.1) is 13.8 Å². The van der Waals surface area contributed by atoms with E-state index in [0.29, 0.717) is 5.76 Å². The highest BCUT2D eigenvalue weighted by molar-refractivity contribution is 5.92. The van der Waals surface area contributed by atoms with Crippen molar-refractivity contribution in [2.24, 2.45) is 0 Å². The first-order chi connectivity index (χ1) is 12.6. The molecule has 0 radical (unpaired) electrons. The number of carbonyl (C=O) groups excluding carboxylic acids is 1. The Hall–Kier alpha value is -2.82. The van der Waals surface area contributed by atoms with E-state index in [1.165, 1.54) is 12.1 Å². The van der Waals surface area contributed by atoms with Gasteiger partial charge in [-0.25, -0.2) is 13.8 Å². The predicted molar refractivity (Wildman–Crippen MR) is 83.6 cm³/mol. The molecule has 1 fully saturated rings. The van der Waals surface area contributed by atoms with Crippen molar-refractivity contribution in [3.63, 3.8) is 0 Å². The zero-order valence-corrected chi connectivity index (χ0v) is 14.3. The van der Waals surface area contributed by atoms with Crippen molar-refractivity contribution in [1.29, 1.82) is 0 Å². The summed E-state index contributed by atoms with van der Waals surface area (Å²) in [5.41, 5.74) is -0.603. The largest absolute Gasteiger partial charge is 0.454 e. The van der Waals surface area contributed by atoms with E-state index in [-0.39, 0.29) is 11.6 Å². The van der Waals surface area contributed by atoms with E-state index in [9.17, 15) is 27.5 Å². The van der Waals surface area contributed by atoms with Gasteiger partial charge in [0.15, 0.2) is 5.76 Å². The first kappa shape index (κ1) is 19.0. The van der Waals surface area contributed by atoms with Crippen LogP contribution in [0.2, 0.25) is 0 Å². The maximum absolute atomic E-state index is 13.2. The lowest BCUT2D eigenvalue weighted by Gasteiger charge is -2.30. The molecule has 1 atom stereocenters. The smallest absolute Gasteiger partial charge is 0.310 e. The molecule has 3 rings (SSSR count). The van der Waals surface area contributed by atoms with E-state index in [0.717, 1.165) is 11.4 Å². The van der Waals surface area contributed by atoms with Crippen molar-refractivity contribution >= 4 is 5.91 Å². The fourth-order valence-corrected chi connectivity index (χ4v) is 2.79. The highest BCUT2D eigenvalue weighted by Crippen LogP contribution is 2.35. The number of furan rings is 1. The van der Waals surface area contributed by atoms with Gasteiger partial charge in [-0.05, 0) is 32.0 Å². The van der Waals surface area contributed by atoms with Gasteiger partial charge in [0.05, 0.1) is 18.7 Å². The van der Waals surface area contributed by atoms with E-state index in [1.54, 1.807) is 11.6 Å². The minimum Gasteiger partial charge on any atom is -0.454 e. The second-order valence-electron chi connectivity index (χ2n) is 6.20. The molecule has 3 heterocycles. The lowest BCUT2D eigenvalue weighted by atomic mass is 10.1. The van der Waals surface area contributed by atoms with E-state index in [2.05, 4.69) is 5.10 Å². The van der Waals surface area contributed by atoms with Crippen LogP contribution in [0.4, 0.5) is 17.6 Å². The van der Waals surface area contributed by atoms with Crippen LogP contribution in [0.3, 0.4) is 0 Å². The van der Waals surface area contributed by atoms with Crippen LogP contribution < -0.4 is 5.43 Å². The number of amides is 1. The lowest BCUT2D eigenvalue weighted by molar-refractivity contribution is -0.168. The number of aryl methyl sites for hydroxylation is 2. The van der Waals surface area contributed by atoms with Crippen LogP contribution in [0.15, 0.2) is 34.4 Å². The zero-order chi connectivity index (χ0) is 19.9. The summed E-state index contributed by atoms with van der Waals surface area (Å²) in [5.74, 6) is -1.29. The Bertz CT molecular complexity index is 903. The number of hydrogen-bond donors (Lipinski definition) is 2. The number of nitrogens with one attached hydrogen (secondary N) is 1. The number of rotatable bonds is 4. The van der Waals surface area contributed by atoms with Gasteiger partial charge in [-0.1, -0.05) is 0 Å². The minimum atomic E-state index is -3.48. The number of aromatic nitrogens is 2. The van der Waals surface area contributed by atoms with Gasteiger partial charge >= 0.3 is 5.91 Å². The summed E-state index contributed by atoms with van der Waals surface area (Å²) < 4.78 is 58.9. The second kappa shape index (κ2) is 6.72. The average Bonchev–Trinajstić information content (AvgIpc) is 3.26. The van der Waals surface area contributed by atoms with Crippen molar-refractivity contribution in [1.82, 2.24) is 20.2 Å². The molecule has 1 aliphatic heterocycles. The van der Waals surface area contributed by atoms with E-state index in [4.69, 9.17) is 4.42 Å². The van der Waals surface area contributed by atoms with Gasteiger partial charge in [-0.15, -0.1) is 0 Å². The monoisotopic (exact) mass is 388 g/mol. The number of aliphatic hydroxyl groups is 1. The first-order valence-electron chi connectivity index (χ1n) is 7.87. The Morgan fingerprint density at radius 2 is 2.11 bits per heavy atom. The van der Waals surface area contributed by atoms with Crippen LogP contribution >= 0.6 is 0 Å². The van der Waals surface area contributed by atoms with Crippen LogP contribution in [0.25, 0.3) is 0 Å². The summed E-state index contributed by atoms with van der Waals surface area (Å²) in [6.07, 6.45) is -6.90. The summed E-state index contributed by atoms with van der Waals surface area (Å²) in [4.78, 5) is 12.5. The third-order valence-electron chi connectivity index (χ3n) is 4.13. The normalized spacial score (nSPS) is 19.7. The van der Waals surface area contributed by atoms with Crippen LogP contribution in [-0.2, 0) is 6.54 Å². The minimum absolute atomic E-state index is 0.0675. The van der Waals surface area contributed by atoms with Gasteiger partial charge in [-0.3, -0.25) is 14.9 Å². The molecule has 0 bridgehead atoms. The fourth-order valence-electron chi connectivity index (χ4n) is 2.79. The molecule has 146 valence electrons. The molecule has 0 spiro atoms. The second-order valence-corrected chi connectivity index (χ2v) is 6.20. The number of nitrogens with zero attached hydrogens (tertiary/aromatic N) is 3. The van der Waals surface area contributed by atoms with Crippen molar-refractivity contribution in [3.8, 4) is 0 Å². The van der Waals surface area contributed by atoms with Crippen LogP contribution in [-0.4, -0.2) is 38.0 Å². The summed E-state index contributed by atoms with van der Waals surface area (Å²) in [5, 5.41) is 14.3. The predicted octanol–water partition coefficient (Wildman–Crippen LogP) is 2.55. The molecule has 7 nitrogen and oxygen atoms in total. The molecule has 2 aromatic heterocycles. The third-order valence-corrected chi connectivity index (χ3v) is 4.13. The van der Waals surface area contributed by atoms with Gasteiger partial charge in [-0.2, -0.15) is 13.9 Å². The molecular weight excluding hydrogens is 372 g/mol. The number of alkyl halides is 2. The summed E-state index contributed by atoms with van der Waals surface area (Å²) in [6.45, 7) is 3.81. The Morgan fingerprint density at radius 3 is 2.67 bits per heavy atom. The van der Waals surface area contributed by atoms with Gasteiger partial charge in [0, 0.05) is 5.69 Å². The van der Waals surface area contributed by atoms with Gasteiger partial charge in [0.1, 0.15) is 11.5 Å². The Labute approximate surface area is 150 Å². The SMILES string of the molecule is Cc1cc(C)n(Cc2ccc(C(=O)N3NC(=C(F)F)CC3(O)C(F)F)o2)n1. The molecule has 2 aromatic rings. The van der Waals surface area contributed by atoms with E-state index in [1.807, 2.05) is 18.4 Å². The molecule has 0 aliphatic carbocycles. The van der Waals surface area contributed by atoms with Crippen molar-refractivity contribution < 1.29 is 31.9 Å². The Balaban J connectivity index is 1.84. The Morgan fingerprint density at radius 1 is 1.41 bits per heavy atom. The van der Waals surface area contributed by atoms with Gasteiger partial charge in [0.2, 0.25) is 5.72 Å². The zero-order valence-electron chi connectivity index (χ0n) is 14.3. The molecule has 0 aromatic carbocycles. The van der Waals surface area contributed by atoms with Crippen molar-refractivity contribution in [2.75, 3.05) is 0 Å². The number of hydrazine groups is 1. The van der Waals surface area contributed by atoms with Crippen LogP contribution in [0.5, 0.6) is 0 Å². The Kier molecular flexibility index (Phi) is 4.72. The van der Waals surface area contributed by atoms with Crippen molar-refractivity contribution in [3.05, 3.63) is 52.9 Å². The number of hydrogen-bond acceptors (Lipinski definition) is 5. The van der Waals surface area contributed by atoms with Gasteiger partial charge in [0.25, 0.3) is 12.5 Å². The molecule has 1 saturated heterocycles. The molecule has 27 heavy (non-hydrogen) atoms. The maximum Gasteiger partial charge on any atom is 0.310 e. The molecule has 1 unspecified atom stereocenters. The standard InChI is InChI=1S/C16H16F4N4O3/c1-8-5-9(2)23(21-8)7-10-3-4-12(27-10)14(25)24-16(26,15(19)20)6-11(22-24)13(17)18/h3-5,15,22,26H,6-7H2,1-2H3. The van der Waals surface area contributed by atoms with E-state index >= 15 is 0 Å². The number of halogens is 4. The summed E-state index contributed by atoms with van der Waals surface area (Å²) in [6, 6.07) is 4.49. The fraction of sp³-hybridized carbons (Fsp3) is 0.375. The highest BCUT2D eigenvalue weighted by atomic mass is 19.3. The quantitative estimate of drug-likeness (QED) is 0.787. The molecule has 1 aliphatic rings. The van der Waals surface area contributed by atoms with E-state index < -0.39 is 42.0 Å². The number of carbonyl (C=O) groups is 1. The first-order valence-corrected chi connectivity index (χ1v) is 7.87. The average molecular weight is 388 g/mol.